The molecular formula is C18H17BrN2O2. The zero-order chi connectivity index (χ0) is 16.7. The topological polar surface area (TPSA) is 58.2 Å². The van der Waals surface area contributed by atoms with Gasteiger partial charge in [-0.3, -0.25) is 9.59 Å². The Morgan fingerprint density at radius 2 is 1.78 bits per heavy atom. The standard InChI is InChI=1S/C18H17BrN2O2/c1-2-11-20-18(23)15-5-3-4-6-16(15)21-17(22)12-13-7-9-14(19)10-8-13/h2-10H,1,11-12H2,(H,20,23)(H,21,22). The predicted octanol–water partition coefficient (Wildman–Crippen LogP) is 3.55. The third kappa shape index (κ3) is 5.07. The molecule has 4 nitrogen and oxygen atoms in total. The summed E-state index contributed by atoms with van der Waals surface area (Å²) in [5, 5.41) is 5.50. The minimum absolute atomic E-state index is 0.170. The van der Waals surface area contributed by atoms with E-state index >= 15 is 0 Å². The Bertz CT molecular complexity index is 711. The van der Waals surface area contributed by atoms with E-state index in [9.17, 15) is 9.59 Å². The highest BCUT2D eigenvalue weighted by atomic mass is 79.9. The van der Waals surface area contributed by atoms with Crippen LogP contribution in [0.25, 0.3) is 0 Å². The number of hydrogen-bond acceptors (Lipinski definition) is 2. The number of halogens is 1. The number of nitrogens with one attached hydrogen (secondary N) is 2. The highest BCUT2D eigenvalue weighted by molar-refractivity contribution is 9.10. The highest BCUT2D eigenvalue weighted by Crippen LogP contribution is 2.16. The summed E-state index contributed by atoms with van der Waals surface area (Å²) in [5.41, 5.74) is 1.83. The van der Waals surface area contributed by atoms with Gasteiger partial charge in [-0.25, -0.2) is 0 Å². The molecule has 0 saturated heterocycles. The van der Waals surface area contributed by atoms with Gasteiger partial charge in [-0.15, -0.1) is 6.58 Å². The van der Waals surface area contributed by atoms with Crippen molar-refractivity contribution in [2.45, 2.75) is 6.42 Å². The fourth-order valence-corrected chi connectivity index (χ4v) is 2.30. The zero-order valence-corrected chi connectivity index (χ0v) is 14.1. The molecule has 0 bridgehead atoms. The van der Waals surface area contributed by atoms with Crippen LogP contribution in [-0.2, 0) is 11.2 Å². The summed E-state index contributed by atoms with van der Waals surface area (Å²) >= 11 is 3.36. The van der Waals surface area contributed by atoms with Crippen LogP contribution in [0.2, 0.25) is 0 Å². The summed E-state index contributed by atoms with van der Waals surface area (Å²) in [6.45, 7) is 3.94. The number of anilines is 1. The van der Waals surface area contributed by atoms with Crippen molar-refractivity contribution >= 4 is 33.4 Å². The van der Waals surface area contributed by atoms with Gasteiger partial charge in [-0.1, -0.05) is 46.3 Å². The molecule has 5 heteroatoms. The molecule has 0 saturated carbocycles. The van der Waals surface area contributed by atoms with Gasteiger partial charge in [0, 0.05) is 11.0 Å². The molecule has 0 unspecified atom stereocenters. The van der Waals surface area contributed by atoms with Gasteiger partial charge in [0.25, 0.3) is 5.91 Å². The molecule has 0 aliphatic rings. The first-order valence-corrected chi connectivity index (χ1v) is 7.92. The van der Waals surface area contributed by atoms with Crippen molar-refractivity contribution < 1.29 is 9.59 Å². The highest BCUT2D eigenvalue weighted by Gasteiger charge is 2.12. The van der Waals surface area contributed by atoms with Crippen LogP contribution >= 0.6 is 15.9 Å². The smallest absolute Gasteiger partial charge is 0.253 e. The summed E-state index contributed by atoms with van der Waals surface area (Å²) < 4.78 is 0.964. The fourth-order valence-electron chi connectivity index (χ4n) is 2.03. The molecule has 2 N–H and O–H groups in total. The van der Waals surface area contributed by atoms with Gasteiger partial charge in [-0.05, 0) is 29.8 Å². The quantitative estimate of drug-likeness (QED) is 0.761. The average Bonchev–Trinajstić information content (AvgIpc) is 2.55. The fraction of sp³-hybridized carbons (Fsp3) is 0.111. The lowest BCUT2D eigenvalue weighted by Gasteiger charge is -2.11. The van der Waals surface area contributed by atoms with Gasteiger partial charge in [0.1, 0.15) is 0 Å². The maximum atomic E-state index is 12.2. The number of rotatable bonds is 6. The van der Waals surface area contributed by atoms with Crippen LogP contribution < -0.4 is 10.6 Å². The van der Waals surface area contributed by atoms with Gasteiger partial charge in [0.15, 0.2) is 0 Å². The number of para-hydroxylation sites is 1. The van der Waals surface area contributed by atoms with E-state index in [1.807, 2.05) is 24.3 Å². The summed E-state index contributed by atoms with van der Waals surface area (Å²) in [5.74, 6) is -0.416. The van der Waals surface area contributed by atoms with Crippen molar-refractivity contribution in [1.82, 2.24) is 5.32 Å². The second-order valence-electron chi connectivity index (χ2n) is 4.90. The molecule has 0 aliphatic heterocycles. The zero-order valence-electron chi connectivity index (χ0n) is 12.5. The van der Waals surface area contributed by atoms with Gasteiger partial charge in [-0.2, -0.15) is 0 Å². The minimum Gasteiger partial charge on any atom is -0.349 e. The lowest BCUT2D eigenvalue weighted by Crippen LogP contribution is -2.25. The third-order valence-electron chi connectivity index (χ3n) is 3.13. The molecule has 0 spiro atoms. The Morgan fingerprint density at radius 1 is 1.09 bits per heavy atom. The van der Waals surface area contributed by atoms with Crippen LogP contribution in [0.15, 0.2) is 65.7 Å². The molecule has 0 fully saturated rings. The molecule has 2 amide bonds. The van der Waals surface area contributed by atoms with E-state index in [0.717, 1.165) is 10.0 Å². The number of carbonyl (C=O) groups is 2. The largest absolute Gasteiger partial charge is 0.349 e. The van der Waals surface area contributed by atoms with E-state index in [0.29, 0.717) is 17.8 Å². The molecule has 0 heterocycles. The van der Waals surface area contributed by atoms with Crippen molar-refractivity contribution in [1.29, 1.82) is 0 Å². The summed E-state index contributed by atoms with van der Waals surface area (Å²) in [4.78, 5) is 24.3. The van der Waals surface area contributed by atoms with E-state index < -0.39 is 0 Å². The molecule has 2 rings (SSSR count). The summed E-state index contributed by atoms with van der Waals surface area (Å²) in [6.07, 6.45) is 1.85. The minimum atomic E-state index is -0.246. The Morgan fingerprint density at radius 3 is 2.48 bits per heavy atom. The van der Waals surface area contributed by atoms with Crippen LogP contribution in [0.3, 0.4) is 0 Å². The van der Waals surface area contributed by atoms with Crippen molar-refractivity contribution in [3.05, 3.63) is 76.8 Å². The van der Waals surface area contributed by atoms with Crippen LogP contribution in [0.1, 0.15) is 15.9 Å². The van der Waals surface area contributed by atoms with E-state index in [4.69, 9.17) is 0 Å². The molecule has 2 aromatic rings. The van der Waals surface area contributed by atoms with E-state index in [1.54, 1.807) is 30.3 Å². The molecule has 0 aliphatic carbocycles. The molecule has 23 heavy (non-hydrogen) atoms. The molecule has 0 radical (unpaired) electrons. The lowest BCUT2D eigenvalue weighted by molar-refractivity contribution is -0.115. The van der Waals surface area contributed by atoms with Gasteiger partial charge < -0.3 is 10.6 Å². The average molecular weight is 373 g/mol. The van der Waals surface area contributed by atoms with E-state index in [2.05, 4.69) is 33.1 Å². The first-order valence-electron chi connectivity index (χ1n) is 7.12. The van der Waals surface area contributed by atoms with E-state index in [-0.39, 0.29) is 18.2 Å². The van der Waals surface area contributed by atoms with Crippen molar-refractivity contribution in [2.75, 3.05) is 11.9 Å². The van der Waals surface area contributed by atoms with Crippen LogP contribution in [0.5, 0.6) is 0 Å². The second-order valence-corrected chi connectivity index (χ2v) is 5.81. The van der Waals surface area contributed by atoms with Crippen LogP contribution in [0, 0.1) is 0 Å². The number of benzene rings is 2. The summed E-state index contributed by atoms with van der Waals surface area (Å²) in [7, 11) is 0. The molecule has 118 valence electrons. The first kappa shape index (κ1) is 17.0. The van der Waals surface area contributed by atoms with Crippen molar-refractivity contribution in [3.8, 4) is 0 Å². The predicted molar refractivity (Wildman–Crippen MR) is 95.4 cm³/mol. The Balaban J connectivity index is 2.07. The monoisotopic (exact) mass is 372 g/mol. The van der Waals surface area contributed by atoms with Gasteiger partial charge in [0.2, 0.25) is 5.91 Å². The first-order chi connectivity index (χ1) is 11.1. The number of amides is 2. The summed E-state index contributed by atoms with van der Waals surface area (Å²) in [6, 6.07) is 14.5. The van der Waals surface area contributed by atoms with Crippen molar-refractivity contribution in [2.24, 2.45) is 0 Å². The van der Waals surface area contributed by atoms with Gasteiger partial charge in [0.05, 0.1) is 17.7 Å². The Labute approximate surface area is 143 Å². The number of carbonyl (C=O) groups excluding carboxylic acids is 2. The van der Waals surface area contributed by atoms with E-state index in [1.165, 1.54) is 0 Å². The molecule has 0 aromatic heterocycles. The van der Waals surface area contributed by atoms with Gasteiger partial charge >= 0.3 is 0 Å². The Kier molecular flexibility index (Phi) is 6.11. The SMILES string of the molecule is C=CCNC(=O)c1ccccc1NC(=O)Cc1ccc(Br)cc1. The third-order valence-corrected chi connectivity index (χ3v) is 3.66. The van der Waals surface area contributed by atoms with Crippen LogP contribution in [0.4, 0.5) is 5.69 Å². The van der Waals surface area contributed by atoms with Crippen LogP contribution in [-0.4, -0.2) is 18.4 Å². The maximum absolute atomic E-state index is 12.2. The molecule has 2 aromatic carbocycles. The molecular weight excluding hydrogens is 356 g/mol. The molecule has 0 atom stereocenters. The normalized spacial score (nSPS) is 9.96. The number of hydrogen-bond donors (Lipinski definition) is 2. The van der Waals surface area contributed by atoms with Crippen molar-refractivity contribution in [3.63, 3.8) is 0 Å². The Hall–Kier alpha value is -2.40. The maximum Gasteiger partial charge on any atom is 0.253 e. The lowest BCUT2D eigenvalue weighted by atomic mass is 10.1. The second kappa shape index (κ2) is 8.29.